The van der Waals surface area contributed by atoms with Crippen molar-refractivity contribution in [2.45, 2.75) is 6.54 Å². The Bertz CT molecular complexity index is 1080. The van der Waals surface area contributed by atoms with Crippen molar-refractivity contribution in [3.05, 3.63) is 83.9 Å². The quantitative estimate of drug-likeness (QED) is 0.545. The Kier molecular flexibility index (Phi) is 4.23. The highest BCUT2D eigenvalue weighted by Crippen LogP contribution is 2.23. The topological polar surface area (TPSA) is 73.7 Å². The minimum atomic E-state index is 0.560. The van der Waals surface area contributed by atoms with Gasteiger partial charge in [-0.3, -0.25) is 0 Å². The zero-order chi connectivity index (χ0) is 17.8. The first kappa shape index (κ1) is 15.7. The summed E-state index contributed by atoms with van der Waals surface area (Å²) >= 11 is 0. The van der Waals surface area contributed by atoms with Gasteiger partial charge in [-0.15, -0.1) is 0 Å². The number of anilines is 1. The first-order valence-electron chi connectivity index (χ1n) is 8.26. The maximum absolute atomic E-state index is 9.17. The third kappa shape index (κ3) is 3.35. The van der Waals surface area contributed by atoms with Crippen LogP contribution in [0.1, 0.15) is 11.1 Å². The largest absolute Gasteiger partial charge is 0.457 e. The van der Waals surface area contributed by atoms with Crippen LogP contribution in [0.3, 0.4) is 0 Å². The average molecular weight is 340 g/mol. The molecular weight excluding hydrogens is 324 g/mol. The van der Waals surface area contributed by atoms with Crippen LogP contribution in [0.2, 0.25) is 0 Å². The minimum absolute atomic E-state index is 0.560. The highest BCUT2D eigenvalue weighted by Gasteiger charge is 2.07. The Morgan fingerprint density at radius 2 is 1.77 bits per heavy atom. The Labute approximate surface area is 150 Å². The van der Waals surface area contributed by atoms with Crippen molar-refractivity contribution in [2.75, 3.05) is 5.32 Å². The molecule has 126 valence electrons. The fraction of sp³-hybridized carbons (Fsp3) is 0.0476. The summed E-state index contributed by atoms with van der Waals surface area (Å²) in [6.07, 6.45) is 0. The lowest BCUT2D eigenvalue weighted by atomic mass is 10.2. The van der Waals surface area contributed by atoms with Crippen molar-refractivity contribution < 1.29 is 4.74 Å². The molecule has 5 nitrogen and oxygen atoms in total. The van der Waals surface area contributed by atoms with Gasteiger partial charge in [-0.1, -0.05) is 36.4 Å². The Morgan fingerprint density at radius 3 is 2.62 bits per heavy atom. The van der Waals surface area contributed by atoms with Crippen LogP contribution in [0.15, 0.2) is 72.8 Å². The zero-order valence-electron chi connectivity index (χ0n) is 13.9. The summed E-state index contributed by atoms with van der Waals surface area (Å²) < 4.78 is 5.86. The molecule has 0 saturated carbocycles. The van der Waals surface area contributed by atoms with E-state index < -0.39 is 0 Å². The second kappa shape index (κ2) is 6.99. The van der Waals surface area contributed by atoms with Gasteiger partial charge < -0.3 is 15.0 Å². The average Bonchev–Trinajstić information content (AvgIpc) is 3.11. The molecule has 4 rings (SSSR count). The SMILES string of the molecule is N#Cc1cccc2[nH]c(NCc3cccc(Oc4ccccc4)c3)nc12. The first-order valence-corrected chi connectivity index (χ1v) is 8.26. The molecule has 0 spiro atoms. The van der Waals surface area contributed by atoms with E-state index in [0.29, 0.717) is 23.6 Å². The predicted octanol–water partition coefficient (Wildman–Crippen LogP) is 4.84. The van der Waals surface area contributed by atoms with E-state index in [1.54, 1.807) is 6.07 Å². The number of aromatic nitrogens is 2. The molecule has 0 amide bonds. The summed E-state index contributed by atoms with van der Waals surface area (Å²) in [7, 11) is 0. The van der Waals surface area contributed by atoms with E-state index in [-0.39, 0.29) is 0 Å². The van der Waals surface area contributed by atoms with E-state index in [1.807, 2.05) is 66.7 Å². The number of nitrogens with zero attached hydrogens (tertiary/aromatic N) is 2. The number of nitrogens with one attached hydrogen (secondary N) is 2. The zero-order valence-corrected chi connectivity index (χ0v) is 13.9. The van der Waals surface area contributed by atoms with E-state index >= 15 is 0 Å². The van der Waals surface area contributed by atoms with E-state index in [2.05, 4.69) is 21.4 Å². The van der Waals surface area contributed by atoms with E-state index in [0.717, 1.165) is 22.6 Å². The van der Waals surface area contributed by atoms with Crippen LogP contribution >= 0.6 is 0 Å². The number of H-pyrrole nitrogens is 1. The minimum Gasteiger partial charge on any atom is -0.457 e. The van der Waals surface area contributed by atoms with Crippen molar-refractivity contribution in [1.29, 1.82) is 5.26 Å². The Hall–Kier alpha value is -3.78. The van der Waals surface area contributed by atoms with Crippen molar-refractivity contribution in [3.8, 4) is 17.6 Å². The molecule has 1 aromatic heterocycles. The number of para-hydroxylation sites is 2. The lowest BCUT2D eigenvalue weighted by Crippen LogP contribution is -2.01. The summed E-state index contributed by atoms with van der Waals surface area (Å²) in [5.41, 5.74) is 3.15. The molecule has 0 atom stereocenters. The third-order valence-electron chi connectivity index (χ3n) is 3.97. The second-order valence-corrected chi connectivity index (χ2v) is 5.82. The van der Waals surface area contributed by atoms with Gasteiger partial charge in [0.1, 0.15) is 23.1 Å². The van der Waals surface area contributed by atoms with Crippen LogP contribution in [-0.4, -0.2) is 9.97 Å². The molecule has 0 aliphatic carbocycles. The lowest BCUT2D eigenvalue weighted by Gasteiger charge is -2.08. The molecule has 0 aliphatic rings. The molecule has 5 heteroatoms. The number of nitriles is 1. The number of rotatable bonds is 5. The number of fused-ring (bicyclic) bond motifs is 1. The molecule has 2 N–H and O–H groups in total. The number of hydrogen-bond acceptors (Lipinski definition) is 4. The molecule has 0 radical (unpaired) electrons. The standard InChI is InChI=1S/C21H16N4O/c22-13-16-7-5-11-19-20(16)25-21(24-19)23-14-15-6-4-10-18(12-15)26-17-8-2-1-3-9-17/h1-12H,14H2,(H2,23,24,25). The fourth-order valence-corrected chi connectivity index (χ4v) is 2.74. The first-order chi connectivity index (χ1) is 12.8. The van der Waals surface area contributed by atoms with Crippen LogP contribution in [0.25, 0.3) is 11.0 Å². The van der Waals surface area contributed by atoms with Gasteiger partial charge in [0.25, 0.3) is 0 Å². The summed E-state index contributed by atoms with van der Waals surface area (Å²) in [5.74, 6) is 2.22. The van der Waals surface area contributed by atoms with Gasteiger partial charge in [-0.25, -0.2) is 4.98 Å². The van der Waals surface area contributed by atoms with Crippen molar-refractivity contribution >= 4 is 17.0 Å². The predicted molar refractivity (Wildman–Crippen MR) is 101 cm³/mol. The van der Waals surface area contributed by atoms with Gasteiger partial charge in [0, 0.05) is 6.54 Å². The molecule has 0 bridgehead atoms. The van der Waals surface area contributed by atoms with Crippen molar-refractivity contribution in [3.63, 3.8) is 0 Å². The number of hydrogen-bond donors (Lipinski definition) is 2. The van der Waals surface area contributed by atoms with E-state index in [1.165, 1.54) is 0 Å². The molecule has 3 aromatic carbocycles. The third-order valence-corrected chi connectivity index (χ3v) is 3.97. The summed E-state index contributed by atoms with van der Waals surface area (Å²) in [6.45, 7) is 0.591. The van der Waals surface area contributed by atoms with Gasteiger partial charge in [0.2, 0.25) is 5.95 Å². The van der Waals surface area contributed by atoms with Gasteiger partial charge in [0.05, 0.1) is 11.1 Å². The number of imidazole rings is 1. The number of ether oxygens (including phenoxy) is 1. The smallest absolute Gasteiger partial charge is 0.201 e. The van der Waals surface area contributed by atoms with Gasteiger partial charge in [-0.2, -0.15) is 5.26 Å². The summed E-state index contributed by atoms with van der Waals surface area (Å²) in [6, 6.07) is 25.3. The van der Waals surface area contributed by atoms with Gasteiger partial charge >= 0.3 is 0 Å². The Morgan fingerprint density at radius 1 is 0.962 bits per heavy atom. The van der Waals surface area contributed by atoms with Crippen LogP contribution in [0, 0.1) is 11.3 Å². The maximum atomic E-state index is 9.17. The number of aromatic amines is 1. The molecule has 26 heavy (non-hydrogen) atoms. The lowest BCUT2D eigenvalue weighted by molar-refractivity contribution is 0.482. The molecule has 1 heterocycles. The van der Waals surface area contributed by atoms with Crippen LogP contribution in [0.4, 0.5) is 5.95 Å². The molecule has 0 aliphatic heterocycles. The van der Waals surface area contributed by atoms with Gasteiger partial charge in [-0.05, 0) is 42.0 Å². The van der Waals surface area contributed by atoms with Gasteiger partial charge in [0.15, 0.2) is 0 Å². The molecule has 4 aromatic rings. The Balaban J connectivity index is 1.48. The van der Waals surface area contributed by atoms with Crippen LogP contribution in [0.5, 0.6) is 11.5 Å². The normalized spacial score (nSPS) is 10.4. The molecular formula is C21H16N4O. The van der Waals surface area contributed by atoms with Crippen molar-refractivity contribution in [1.82, 2.24) is 9.97 Å². The highest BCUT2D eigenvalue weighted by molar-refractivity contribution is 5.83. The van der Waals surface area contributed by atoms with E-state index in [9.17, 15) is 0 Å². The molecule has 0 saturated heterocycles. The number of benzene rings is 3. The molecule has 0 unspecified atom stereocenters. The van der Waals surface area contributed by atoms with Crippen LogP contribution < -0.4 is 10.1 Å². The maximum Gasteiger partial charge on any atom is 0.201 e. The molecule has 0 fully saturated rings. The second-order valence-electron chi connectivity index (χ2n) is 5.82. The van der Waals surface area contributed by atoms with Crippen molar-refractivity contribution in [2.24, 2.45) is 0 Å². The fourth-order valence-electron chi connectivity index (χ4n) is 2.74. The summed E-state index contributed by atoms with van der Waals surface area (Å²) in [5, 5.41) is 12.4. The van der Waals surface area contributed by atoms with E-state index in [4.69, 9.17) is 10.00 Å². The van der Waals surface area contributed by atoms with Crippen LogP contribution in [-0.2, 0) is 6.54 Å². The summed E-state index contributed by atoms with van der Waals surface area (Å²) in [4.78, 5) is 7.66. The monoisotopic (exact) mass is 340 g/mol. The highest BCUT2D eigenvalue weighted by atomic mass is 16.5.